The fourth-order valence-corrected chi connectivity index (χ4v) is 5.93. The average molecular weight is 441 g/mol. The van der Waals surface area contributed by atoms with Gasteiger partial charge in [-0.1, -0.05) is 36.7 Å². The highest BCUT2D eigenvalue weighted by Gasteiger charge is 2.64. The Labute approximate surface area is 183 Å². The number of rotatable bonds is 4. The van der Waals surface area contributed by atoms with Crippen molar-refractivity contribution < 1.29 is 14.4 Å². The molecule has 0 N–H and O–H groups in total. The van der Waals surface area contributed by atoms with Crippen LogP contribution in [0.1, 0.15) is 35.5 Å². The molecular formula is C23H21ClN2O3S. The summed E-state index contributed by atoms with van der Waals surface area (Å²) in [6.45, 7) is 3.85. The predicted octanol–water partition coefficient (Wildman–Crippen LogP) is 4.27. The number of amides is 2. The molecule has 1 aromatic heterocycles. The van der Waals surface area contributed by atoms with Gasteiger partial charge in [0.05, 0.1) is 22.8 Å². The maximum Gasteiger partial charge on any atom is 0.236 e. The van der Waals surface area contributed by atoms with Crippen molar-refractivity contribution in [3.63, 3.8) is 0 Å². The van der Waals surface area contributed by atoms with Gasteiger partial charge in [-0.2, -0.15) is 0 Å². The first-order valence-corrected chi connectivity index (χ1v) is 11.4. The molecule has 2 saturated heterocycles. The van der Waals surface area contributed by atoms with Crippen LogP contribution in [0.4, 0.5) is 5.69 Å². The van der Waals surface area contributed by atoms with E-state index in [0.29, 0.717) is 16.3 Å². The summed E-state index contributed by atoms with van der Waals surface area (Å²) < 4.78 is 0. The summed E-state index contributed by atoms with van der Waals surface area (Å²) >= 11 is 7.54. The second-order valence-electron chi connectivity index (χ2n) is 8.10. The number of hydrogen-bond donors (Lipinski definition) is 0. The Morgan fingerprint density at radius 1 is 1.20 bits per heavy atom. The van der Waals surface area contributed by atoms with Crippen molar-refractivity contribution in [1.82, 2.24) is 4.90 Å². The lowest BCUT2D eigenvalue weighted by Gasteiger charge is -2.37. The highest BCUT2D eigenvalue weighted by molar-refractivity contribution is 7.12. The predicted molar refractivity (Wildman–Crippen MR) is 118 cm³/mol. The number of ketones is 1. The minimum atomic E-state index is -0.714. The Morgan fingerprint density at radius 3 is 2.67 bits per heavy atom. The van der Waals surface area contributed by atoms with Crippen LogP contribution < -0.4 is 4.90 Å². The quantitative estimate of drug-likeness (QED) is 0.526. The van der Waals surface area contributed by atoms with Gasteiger partial charge in [0.2, 0.25) is 11.8 Å². The van der Waals surface area contributed by atoms with Crippen LogP contribution in [0.3, 0.4) is 0 Å². The summed E-state index contributed by atoms with van der Waals surface area (Å²) in [6, 6.07) is 7.90. The number of imide groups is 1. The smallest absolute Gasteiger partial charge is 0.236 e. The number of fused-ring (bicyclic) bond motifs is 5. The summed E-state index contributed by atoms with van der Waals surface area (Å²) in [5.74, 6) is -1.74. The Morgan fingerprint density at radius 2 is 1.97 bits per heavy atom. The van der Waals surface area contributed by atoms with E-state index in [0.717, 1.165) is 11.3 Å². The van der Waals surface area contributed by atoms with Crippen molar-refractivity contribution in [2.75, 3.05) is 4.90 Å². The zero-order chi connectivity index (χ0) is 21.2. The number of Topliss-reactive ketones (excluding diaryl/α,β-unsaturated/α-hetero) is 1. The molecule has 7 heteroatoms. The topological polar surface area (TPSA) is 57.7 Å². The number of likely N-dealkylation sites (tertiary alicyclic amines) is 1. The third-order valence-electron chi connectivity index (χ3n) is 6.57. The first kappa shape index (κ1) is 19.5. The van der Waals surface area contributed by atoms with E-state index in [1.807, 2.05) is 54.5 Å². The molecular weight excluding hydrogens is 420 g/mol. The lowest BCUT2D eigenvalue weighted by atomic mass is 9.87. The highest BCUT2D eigenvalue weighted by Crippen LogP contribution is 2.50. The van der Waals surface area contributed by atoms with Crippen molar-refractivity contribution in [3.05, 3.63) is 57.3 Å². The number of carbonyl (C=O) groups is 3. The van der Waals surface area contributed by atoms with Crippen LogP contribution in [0.5, 0.6) is 0 Å². The molecule has 0 aliphatic carbocycles. The Bertz CT molecular complexity index is 1080. The van der Waals surface area contributed by atoms with Gasteiger partial charge in [0.15, 0.2) is 5.78 Å². The van der Waals surface area contributed by atoms with E-state index in [-0.39, 0.29) is 29.7 Å². The number of hydrogen-bond acceptors (Lipinski definition) is 5. The Hall–Kier alpha value is -2.44. The molecule has 5 unspecified atom stereocenters. The number of halogens is 1. The summed E-state index contributed by atoms with van der Waals surface area (Å²) in [7, 11) is 0. The first-order chi connectivity index (χ1) is 14.4. The summed E-state index contributed by atoms with van der Waals surface area (Å²) in [5.41, 5.74) is 1.73. The van der Waals surface area contributed by atoms with E-state index in [1.165, 1.54) is 16.2 Å². The molecule has 2 aromatic rings. The number of benzene rings is 1. The lowest BCUT2D eigenvalue weighted by Crippen LogP contribution is -2.50. The maximum atomic E-state index is 13.6. The molecule has 0 bridgehead atoms. The molecule has 0 radical (unpaired) electrons. The van der Waals surface area contributed by atoms with Gasteiger partial charge in [-0.05, 0) is 48.6 Å². The molecule has 154 valence electrons. The van der Waals surface area contributed by atoms with Crippen LogP contribution in [0.2, 0.25) is 5.02 Å². The van der Waals surface area contributed by atoms with Crippen molar-refractivity contribution >= 4 is 52.3 Å². The van der Waals surface area contributed by atoms with E-state index in [4.69, 9.17) is 11.6 Å². The van der Waals surface area contributed by atoms with Crippen molar-refractivity contribution in [3.8, 4) is 0 Å². The highest BCUT2D eigenvalue weighted by atomic mass is 35.5. The van der Waals surface area contributed by atoms with E-state index < -0.39 is 17.9 Å². The third-order valence-corrected chi connectivity index (χ3v) is 7.69. The SMILES string of the molecule is CCC(C)N1C(=O)C2C(C1=O)C(C(=O)c1cccs1)N1c3ccc(Cl)cc3C=CC21. The average Bonchev–Trinajstić information content (AvgIpc) is 3.43. The molecule has 3 aliphatic rings. The van der Waals surface area contributed by atoms with Crippen LogP contribution in [0.15, 0.2) is 41.8 Å². The second kappa shape index (κ2) is 7.06. The van der Waals surface area contributed by atoms with Crippen molar-refractivity contribution in [2.45, 2.75) is 38.4 Å². The van der Waals surface area contributed by atoms with Crippen LogP contribution in [-0.4, -0.2) is 40.6 Å². The Kier molecular flexibility index (Phi) is 4.60. The van der Waals surface area contributed by atoms with E-state index in [9.17, 15) is 14.4 Å². The van der Waals surface area contributed by atoms with Gasteiger partial charge in [-0.15, -0.1) is 11.3 Å². The van der Waals surface area contributed by atoms with Gasteiger partial charge in [-0.25, -0.2) is 0 Å². The molecule has 0 saturated carbocycles. The molecule has 2 amide bonds. The van der Waals surface area contributed by atoms with Gasteiger partial charge in [0, 0.05) is 16.8 Å². The van der Waals surface area contributed by atoms with Crippen molar-refractivity contribution in [2.24, 2.45) is 11.8 Å². The normalized spacial score (nSPS) is 27.8. The number of carbonyl (C=O) groups excluding carboxylic acids is 3. The van der Waals surface area contributed by atoms with Crippen LogP contribution in [0, 0.1) is 11.8 Å². The van der Waals surface area contributed by atoms with Gasteiger partial charge in [0.1, 0.15) is 6.04 Å². The van der Waals surface area contributed by atoms with Crippen LogP contribution in [-0.2, 0) is 9.59 Å². The fraction of sp³-hybridized carbons (Fsp3) is 0.348. The van der Waals surface area contributed by atoms with Gasteiger partial charge in [0.25, 0.3) is 0 Å². The molecule has 1 aromatic carbocycles. The van der Waals surface area contributed by atoms with Crippen molar-refractivity contribution in [1.29, 1.82) is 0 Å². The number of anilines is 1. The van der Waals surface area contributed by atoms with Gasteiger partial charge >= 0.3 is 0 Å². The largest absolute Gasteiger partial charge is 0.352 e. The maximum absolute atomic E-state index is 13.6. The fourth-order valence-electron chi connectivity index (χ4n) is 5.05. The van der Waals surface area contributed by atoms with Crippen LogP contribution >= 0.6 is 22.9 Å². The zero-order valence-corrected chi connectivity index (χ0v) is 18.2. The minimum Gasteiger partial charge on any atom is -0.352 e. The van der Waals surface area contributed by atoms with E-state index in [1.54, 1.807) is 12.1 Å². The van der Waals surface area contributed by atoms with E-state index in [2.05, 4.69) is 0 Å². The van der Waals surface area contributed by atoms with Gasteiger partial charge < -0.3 is 4.90 Å². The standard InChI is InChI=1S/C23H21ClN2O3S/c1-3-12(2)25-22(28)18-16-8-6-13-11-14(24)7-9-15(13)26(16)20(19(18)23(25)29)21(27)17-5-4-10-30-17/h4-12,16,18-20H,3H2,1-2H3. The second-order valence-corrected chi connectivity index (χ2v) is 9.49. The monoisotopic (exact) mass is 440 g/mol. The molecule has 4 heterocycles. The minimum absolute atomic E-state index is 0.106. The number of nitrogens with zero attached hydrogens (tertiary/aromatic N) is 2. The zero-order valence-electron chi connectivity index (χ0n) is 16.6. The molecule has 2 fully saturated rings. The number of thiophene rings is 1. The van der Waals surface area contributed by atoms with Crippen LogP contribution in [0.25, 0.3) is 6.08 Å². The Balaban J connectivity index is 1.66. The molecule has 5 rings (SSSR count). The molecule has 5 nitrogen and oxygen atoms in total. The van der Waals surface area contributed by atoms with Gasteiger partial charge in [-0.3, -0.25) is 19.3 Å². The van der Waals surface area contributed by atoms with E-state index >= 15 is 0 Å². The first-order valence-electron chi connectivity index (χ1n) is 10.1. The summed E-state index contributed by atoms with van der Waals surface area (Å²) in [4.78, 5) is 44.5. The molecule has 30 heavy (non-hydrogen) atoms. The third kappa shape index (κ3) is 2.63. The molecule has 3 aliphatic heterocycles. The summed E-state index contributed by atoms with van der Waals surface area (Å²) in [6.07, 6.45) is 4.58. The molecule has 0 spiro atoms. The lowest BCUT2D eigenvalue weighted by molar-refractivity contribution is -0.142. The molecule has 5 atom stereocenters. The summed E-state index contributed by atoms with van der Waals surface area (Å²) in [5, 5.41) is 2.46.